The number of rotatable bonds is 7. The van der Waals surface area contributed by atoms with Crippen LogP contribution in [0.3, 0.4) is 0 Å². The number of fused-ring (bicyclic) bond motifs is 1. The molecule has 2 aromatic carbocycles. The number of hydrogen-bond acceptors (Lipinski definition) is 3. The fourth-order valence-electron chi connectivity index (χ4n) is 3.81. The minimum absolute atomic E-state index is 0.224. The highest BCUT2D eigenvalue weighted by Crippen LogP contribution is 2.31. The van der Waals surface area contributed by atoms with Crippen molar-refractivity contribution in [3.05, 3.63) is 60.7 Å². The molecule has 1 aliphatic carbocycles. The molecule has 2 atom stereocenters. The number of hydrogen-bond donors (Lipinski definition) is 0. The zero-order valence-corrected chi connectivity index (χ0v) is 16.5. The molecule has 0 radical (unpaired) electrons. The van der Waals surface area contributed by atoms with E-state index in [1.54, 1.807) is 0 Å². The molecule has 1 aromatic heterocycles. The molecule has 0 aliphatic heterocycles. The van der Waals surface area contributed by atoms with Gasteiger partial charge in [-0.05, 0) is 74.3 Å². The Hall–Kier alpha value is -2.33. The van der Waals surface area contributed by atoms with E-state index in [1.807, 2.05) is 18.7 Å². The number of benzene rings is 2. The fraction of sp³-hybridized carbons (Fsp3) is 0.435. The van der Waals surface area contributed by atoms with E-state index in [4.69, 9.17) is 4.74 Å². The molecule has 1 heterocycles. The summed E-state index contributed by atoms with van der Waals surface area (Å²) in [6.45, 7) is 3.11. The Morgan fingerprint density at radius 1 is 1.15 bits per heavy atom. The first-order chi connectivity index (χ1) is 13.1. The Labute approximate surface area is 161 Å². The summed E-state index contributed by atoms with van der Waals surface area (Å²) < 4.78 is 8.20. The Kier molecular flexibility index (Phi) is 5.17. The summed E-state index contributed by atoms with van der Waals surface area (Å²) in [7, 11) is 4.25. The topological polar surface area (TPSA) is 30.3 Å². The van der Waals surface area contributed by atoms with Gasteiger partial charge in [-0.3, -0.25) is 0 Å². The summed E-state index contributed by atoms with van der Waals surface area (Å²) in [6, 6.07) is 13.8. The largest absolute Gasteiger partial charge is 0.493 e. The lowest BCUT2D eigenvalue weighted by molar-refractivity contribution is 0.181. The number of likely N-dealkylation sites (N-methyl/N-ethyl adjacent to an activating group) is 1. The van der Waals surface area contributed by atoms with Crippen LogP contribution in [-0.4, -0.2) is 41.2 Å². The van der Waals surface area contributed by atoms with Crippen LogP contribution in [0.4, 0.5) is 0 Å². The summed E-state index contributed by atoms with van der Waals surface area (Å²) in [4.78, 5) is 6.51. The van der Waals surface area contributed by atoms with Crippen LogP contribution >= 0.6 is 0 Å². The van der Waals surface area contributed by atoms with Crippen molar-refractivity contribution in [2.24, 2.45) is 5.92 Å². The summed E-state index contributed by atoms with van der Waals surface area (Å²) in [5.74, 6) is 1.74. The fourth-order valence-corrected chi connectivity index (χ4v) is 3.81. The predicted octanol–water partition coefficient (Wildman–Crippen LogP) is 4.75. The van der Waals surface area contributed by atoms with Gasteiger partial charge in [0.25, 0.3) is 0 Å². The second kappa shape index (κ2) is 7.73. The van der Waals surface area contributed by atoms with Crippen LogP contribution in [0.15, 0.2) is 55.1 Å². The molecule has 1 fully saturated rings. The van der Waals surface area contributed by atoms with Gasteiger partial charge in [-0.25, -0.2) is 4.98 Å². The van der Waals surface area contributed by atoms with Crippen molar-refractivity contribution in [2.75, 3.05) is 20.7 Å². The van der Waals surface area contributed by atoms with Crippen LogP contribution in [0.25, 0.3) is 10.8 Å². The Morgan fingerprint density at radius 3 is 2.59 bits per heavy atom. The Balaban J connectivity index is 1.61. The van der Waals surface area contributed by atoms with Crippen molar-refractivity contribution in [3.8, 4) is 5.75 Å². The van der Waals surface area contributed by atoms with Crippen molar-refractivity contribution in [3.63, 3.8) is 0 Å². The molecule has 0 spiro atoms. The van der Waals surface area contributed by atoms with Gasteiger partial charge in [-0.1, -0.05) is 24.6 Å². The van der Waals surface area contributed by atoms with Gasteiger partial charge in [0.05, 0.1) is 19.0 Å². The van der Waals surface area contributed by atoms with E-state index in [-0.39, 0.29) is 6.04 Å². The van der Waals surface area contributed by atoms with E-state index in [0.717, 1.165) is 18.3 Å². The van der Waals surface area contributed by atoms with E-state index in [0.29, 0.717) is 6.04 Å². The van der Waals surface area contributed by atoms with E-state index in [1.165, 1.54) is 35.6 Å². The number of nitrogens with zero attached hydrogens (tertiary/aromatic N) is 3. The SMILES string of the molecule is CC(C(c1ccc2cc(OCC3CCC3)ccc2c1)n1ccnc1)N(C)C. The first-order valence-corrected chi connectivity index (χ1v) is 9.92. The van der Waals surface area contributed by atoms with Gasteiger partial charge in [0.15, 0.2) is 0 Å². The van der Waals surface area contributed by atoms with Crippen LogP contribution in [0.1, 0.15) is 37.8 Å². The normalized spacial score (nSPS) is 17.0. The average molecular weight is 364 g/mol. The molecule has 0 N–H and O–H groups in total. The van der Waals surface area contributed by atoms with E-state index in [2.05, 4.69) is 71.9 Å². The van der Waals surface area contributed by atoms with Gasteiger partial charge in [-0.2, -0.15) is 0 Å². The van der Waals surface area contributed by atoms with E-state index < -0.39 is 0 Å². The summed E-state index contributed by atoms with van der Waals surface area (Å²) in [5, 5.41) is 2.48. The Morgan fingerprint density at radius 2 is 1.93 bits per heavy atom. The van der Waals surface area contributed by atoms with Gasteiger partial charge in [0.2, 0.25) is 0 Å². The molecular formula is C23H29N3O. The van der Waals surface area contributed by atoms with Crippen LogP contribution in [0, 0.1) is 5.92 Å². The smallest absolute Gasteiger partial charge is 0.119 e. The maximum atomic E-state index is 6.01. The summed E-state index contributed by atoms with van der Waals surface area (Å²) in [6.07, 6.45) is 9.80. The first-order valence-electron chi connectivity index (χ1n) is 9.92. The molecule has 3 aromatic rings. The highest BCUT2D eigenvalue weighted by Gasteiger charge is 2.23. The van der Waals surface area contributed by atoms with Crippen molar-refractivity contribution in [2.45, 2.75) is 38.3 Å². The second-order valence-corrected chi connectivity index (χ2v) is 8.04. The maximum Gasteiger partial charge on any atom is 0.119 e. The highest BCUT2D eigenvalue weighted by atomic mass is 16.5. The average Bonchev–Trinajstić information content (AvgIpc) is 3.14. The lowest BCUT2D eigenvalue weighted by Gasteiger charge is -2.31. The van der Waals surface area contributed by atoms with Gasteiger partial charge in [-0.15, -0.1) is 0 Å². The van der Waals surface area contributed by atoms with E-state index >= 15 is 0 Å². The Bertz CT molecular complexity index is 884. The zero-order chi connectivity index (χ0) is 18.8. The molecule has 0 bridgehead atoms. The quantitative estimate of drug-likeness (QED) is 0.606. The van der Waals surface area contributed by atoms with E-state index in [9.17, 15) is 0 Å². The van der Waals surface area contributed by atoms with Crippen LogP contribution in [0.5, 0.6) is 5.75 Å². The molecule has 142 valence electrons. The molecule has 2 unspecified atom stereocenters. The lowest BCUT2D eigenvalue weighted by atomic mass is 9.86. The molecule has 4 nitrogen and oxygen atoms in total. The monoisotopic (exact) mass is 363 g/mol. The van der Waals surface area contributed by atoms with Crippen LogP contribution in [0.2, 0.25) is 0 Å². The minimum atomic E-state index is 0.224. The van der Waals surface area contributed by atoms with Crippen molar-refractivity contribution in [1.82, 2.24) is 14.5 Å². The number of aromatic nitrogens is 2. The van der Waals surface area contributed by atoms with Crippen LogP contribution < -0.4 is 4.74 Å². The third-order valence-electron chi connectivity index (χ3n) is 6.01. The summed E-state index contributed by atoms with van der Waals surface area (Å²) in [5.41, 5.74) is 1.30. The zero-order valence-electron chi connectivity index (χ0n) is 16.5. The third kappa shape index (κ3) is 3.86. The minimum Gasteiger partial charge on any atom is -0.493 e. The maximum absolute atomic E-state index is 6.01. The van der Waals surface area contributed by atoms with Gasteiger partial charge < -0.3 is 14.2 Å². The number of imidazole rings is 1. The standard InChI is InChI=1S/C23H29N3O/c1-17(25(2)3)23(26-12-11-24-16-26)21-8-7-20-14-22(10-9-19(20)13-21)27-15-18-5-4-6-18/h7-14,16-18,23H,4-6,15H2,1-3H3. The van der Waals surface area contributed by atoms with Crippen molar-refractivity contribution >= 4 is 10.8 Å². The molecule has 4 rings (SSSR count). The summed E-state index contributed by atoms with van der Waals surface area (Å²) >= 11 is 0. The number of ether oxygens (including phenoxy) is 1. The molecule has 1 aliphatic rings. The molecule has 27 heavy (non-hydrogen) atoms. The molecular weight excluding hydrogens is 334 g/mol. The molecule has 0 saturated heterocycles. The van der Waals surface area contributed by atoms with Crippen molar-refractivity contribution in [1.29, 1.82) is 0 Å². The van der Waals surface area contributed by atoms with Gasteiger partial charge in [0, 0.05) is 18.4 Å². The molecule has 1 saturated carbocycles. The second-order valence-electron chi connectivity index (χ2n) is 8.04. The molecule has 0 amide bonds. The van der Waals surface area contributed by atoms with Crippen LogP contribution in [-0.2, 0) is 0 Å². The third-order valence-corrected chi connectivity index (χ3v) is 6.01. The van der Waals surface area contributed by atoms with Gasteiger partial charge >= 0.3 is 0 Å². The van der Waals surface area contributed by atoms with Gasteiger partial charge in [0.1, 0.15) is 5.75 Å². The lowest BCUT2D eigenvalue weighted by Crippen LogP contribution is -2.34. The first kappa shape index (κ1) is 18.1. The predicted molar refractivity (Wildman–Crippen MR) is 110 cm³/mol. The molecule has 4 heteroatoms. The van der Waals surface area contributed by atoms with Crippen molar-refractivity contribution < 1.29 is 4.74 Å². The highest BCUT2D eigenvalue weighted by molar-refractivity contribution is 5.84.